The average Bonchev–Trinajstić information content (AvgIpc) is 2.26. The van der Waals surface area contributed by atoms with Crippen molar-refractivity contribution in [2.45, 2.75) is 19.4 Å². The zero-order chi connectivity index (χ0) is 14.4. The van der Waals surface area contributed by atoms with E-state index in [0.717, 1.165) is 5.56 Å². The topological polar surface area (TPSA) is 52.6 Å². The van der Waals surface area contributed by atoms with Crippen LogP contribution in [0.3, 0.4) is 0 Å². The molecule has 0 aromatic heterocycles. The Morgan fingerprint density at radius 1 is 1.37 bits per heavy atom. The van der Waals surface area contributed by atoms with Crippen LogP contribution in [-0.4, -0.2) is 42.3 Å². The van der Waals surface area contributed by atoms with Crippen LogP contribution in [0.4, 0.5) is 4.79 Å². The van der Waals surface area contributed by atoms with E-state index < -0.39 is 6.10 Å². The van der Waals surface area contributed by atoms with Crippen LogP contribution in [0.25, 0.3) is 0 Å². The van der Waals surface area contributed by atoms with Crippen molar-refractivity contribution >= 4 is 29.2 Å². The number of benzene rings is 1. The van der Waals surface area contributed by atoms with Crippen LogP contribution in [0.5, 0.6) is 0 Å². The predicted octanol–water partition coefficient (Wildman–Crippen LogP) is 2.56. The van der Waals surface area contributed by atoms with Crippen molar-refractivity contribution < 1.29 is 9.90 Å². The molecule has 1 aromatic rings. The molecule has 0 aliphatic heterocycles. The van der Waals surface area contributed by atoms with Gasteiger partial charge in [-0.1, -0.05) is 23.2 Å². The Kier molecular flexibility index (Phi) is 6.42. The zero-order valence-corrected chi connectivity index (χ0v) is 12.5. The van der Waals surface area contributed by atoms with E-state index in [9.17, 15) is 9.90 Å². The Bertz CT molecular complexity index is 418. The number of hydrogen-bond donors (Lipinski definition) is 2. The van der Waals surface area contributed by atoms with E-state index in [1.165, 1.54) is 4.90 Å². The second-order valence-corrected chi connectivity index (χ2v) is 5.36. The molecule has 0 radical (unpaired) electrons. The third kappa shape index (κ3) is 6.14. The second kappa shape index (κ2) is 7.58. The first kappa shape index (κ1) is 16.1. The fourth-order valence-electron chi connectivity index (χ4n) is 1.68. The normalized spacial score (nSPS) is 12.1. The molecular formula is C13H18Cl2N2O2. The van der Waals surface area contributed by atoms with Crippen LogP contribution in [0.1, 0.15) is 12.5 Å². The van der Waals surface area contributed by atoms with Gasteiger partial charge in [0.15, 0.2) is 0 Å². The van der Waals surface area contributed by atoms with Gasteiger partial charge in [0.2, 0.25) is 0 Å². The highest BCUT2D eigenvalue weighted by Gasteiger charge is 2.09. The number of amides is 2. The largest absolute Gasteiger partial charge is 0.392 e. The Morgan fingerprint density at radius 3 is 2.47 bits per heavy atom. The van der Waals surface area contributed by atoms with Crippen LogP contribution in [-0.2, 0) is 6.42 Å². The van der Waals surface area contributed by atoms with E-state index in [1.54, 1.807) is 20.0 Å². The molecule has 0 bridgehead atoms. The Morgan fingerprint density at radius 2 is 1.95 bits per heavy atom. The second-order valence-electron chi connectivity index (χ2n) is 4.49. The number of urea groups is 1. The highest BCUT2D eigenvalue weighted by atomic mass is 35.5. The standard InChI is InChI=1S/C13H18Cl2N2O2/c1-9(18)8-17(2)13(19)16-4-3-10-5-11(14)7-12(15)6-10/h5-7,9,18H,3-4,8H2,1-2H3,(H,16,19). The van der Waals surface area contributed by atoms with Crippen molar-refractivity contribution in [1.82, 2.24) is 10.2 Å². The van der Waals surface area contributed by atoms with Gasteiger partial charge in [0.25, 0.3) is 0 Å². The van der Waals surface area contributed by atoms with Gasteiger partial charge in [0.05, 0.1) is 6.10 Å². The summed E-state index contributed by atoms with van der Waals surface area (Å²) in [6.07, 6.45) is 0.108. The highest BCUT2D eigenvalue weighted by molar-refractivity contribution is 6.34. The molecule has 1 unspecified atom stereocenters. The SMILES string of the molecule is CC(O)CN(C)C(=O)NCCc1cc(Cl)cc(Cl)c1. The van der Waals surface area contributed by atoms with Gasteiger partial charge in [-0.05, 0) is 37.1 Å². The summed E-state index contributed by atoms with van der Waals surface area (Å²) in [4.78, 5) is 13.1. The van der Waals surface area contributed by atoms with E-state index in [-0.39, 0.29) is 6.03 Å². The van der Waals surface area contributed by atoms with Crippen molar-refractivity contribution in [3.8, 4) is 0 Å². The molecule has 2 amide bonds. The number of aliphatic hydroxyl groups is 1. The quantitative estimate of drug-likeness (QED) is 0.878. The Labute approximate surface area is 123 Å². The number of hydrogen-bond acceptors (Lipinski definition) is 2. The van der Waals surface area contributed by atoms with Crippen molar-refractivity contribution in [1.29, 1.82) is 0 Å². The van der Waals surface area contributed by atoms with Gasteiger partial charge >= 0.3 is 6.03 Å². The first-order valence-electron chi connectivity index (χ1n) is 6.00. The highest BCUT2D eigenvalue weighted by Crippen LogP contribution is 2.19. The minimum atomic E-state index is -0.539. The summed E-state index contributed by atoms with van der Waals surface area (Å²) < 4.78 is 0. The third-order valence-electron chi connectivity index (χ3n) is 2.50. The van der Waals surface area contributed by atoms with Gasteiger partial charge in [-0.15, -0.1) is 0 Å². The lowest BCUT2D eigenvalue weighted by Gasteiger charge is -2.19. The van der Waals surface area contributed by atoms with E-state index in [2.05, 4.69) is 5.32 Å². The minimum absolute atomic E-state index is 0.214. The van der Waals surface area contributed by atoms with E-state index >= 15 is 0 Å². The van der Waals surface area contributed by atoms with E-state index in [0.29, 0.717) is 29.6 Å². The Hall–Kier alpha value is -0.970. The first-order valence-corrected chi connectivity index (χ1v) is 6.76. The third-order valence-corrected chi connectivity index (χ3v) is 2.93. The van der Waals surface area contributed by atoms with Crippen LogP contribution in [0, 0.1) is 0 Å². The van der Waals surface area contributed by atoms with Crippen molar-refractivity contribution in [3.63, 3.8) is 0 Å². The van der Waals surface area contributed by atoms with Gasteiger partial charge in [0.1, 0.15) is 0 Å². The lowest BCUT2D eigenvalue weighted by atomic mass is 10.1. The molecule has 1 aromatic carbocycles. The number of carbonyl (C=O) groups excluding carboxylic acids is 1. The van der Waals surface area contributed by atoms with Crippen LogP contribution < -0.4 is 5.32 Å². The molecule has 0 saturated heterocycles. The van der Waals surface area contributed by atoms with Crippen LogP contribution in [0.15, 0.2) is 18.2 Å². The van der Waals surface area contributed by atoms with Gasteiger partial charge in [-0.2, -0.15) is 0 Å². The lowest BCUT2D eigenvalue weighted by molar-refractivity contribution is 0.144. The molecule has 0 heterocycles. The number of carbonyl (C=O) groups is 1. The number of halogens is 2. The molecule has 0 aliphatic rings. The van der Waals surface area contributed by atoms with Gasteiger partial charge in [0, 0.05) is 30.2 Å². The maximum atomic E-state index is 11.7. The van der Waals surface area contributed by atoms with Crippen LogP contribution >= 0.6 is 23.2 Å². The fraction of sp³-hybridized carbons (Fsp3) is 0.462. The number of likely N-dealkylation sites (N-methyl/N-ethyl adjacent to an activating group) is 1. The van der Waals surface area contributed by atoms with Crippen molar-refractivity contribution in [2.75, 3.05) is 20.1 Å². The fourth-order valence-corrected chi connectivity index (χ4v) is 2.25. The monoisotopic (exact) mass is 304 g/mol. The molecular weight excluding hydrogens is 287 g/mol. The maximum absolute atomic E-state index is 11.7. The van der Waals surface area contributed by atoms with Gasteiger partial charge < -0.3 is 15.3 Å². The summed E-state index contributed by atoms with van der Waals surface area (Å²) in [5.41, 5.74) is 0.968. The molecule has 6 heteroatoms. The van der Waals surface area contributed by atoms with Gasteiger partial charge in [-0.25, -0.2) is 4.79 Å². The molecule has 19 heavy (non-hydrogen) atoms. The molecule has 0 saturated carbocycles. The summed E-state index contributed by atoms with van der Waals surface area (Å²) in [5, 5.41) is 13.1. The molecule has 106 valence electrons. The smallest absolute Gasteiger partial charge is 0.317 e. The van der Waals surface area contributed by atoms with Gasteiger partial charge in [-0.3, -0.25) is 0 Å². The molecule has 0 fully saturated rings. The van der Waals surface area contributed by atoms with Crippen molar-refractivity contribution in [3.05, 3.63) is 33.8 Å². The number of aliphatic hydroxyl groups excluding tert-OH is 1. The number of nitrogens with zero attached hydrogens (tertiary/aromatic N) is 1. The van der Waals surface area contributed by atoms with E-state index in [1.807, 2.05) is 12.1 Å². The number of nitrogens with one attached hydrogen (secondary N) is 1. The average molecular weight is 305 g/mol. The summed E-state index contributed by atoms with van der Waals surface area (Å²) in [7, 11) is 1.64. The first-order chi connectivity index (χ1) is 8.88. The molecule has 0 spiro atoms. The summed E-state index contributed by atoms with van der Waals surface area (Å²) in [5.74, 6) is 0. The molecule has 0 aliphatic carbocycles. The summed E-state index contributed by atoms with van der Waals surface area (Å²) >= 11 is 11.8. The number of rotatable bonds is 5. The predicted molar refractivity (Wildman–Crippen MR) is 77.9 cm³/mol. The molecule has 2 N–H and O–H groups in total. The molecule has 1 atom stereocenters. The zero-order valence-electron chi connectivity index (χ0n) is 11.0. The molecule has 1 rings (SSSR count). The van der Waals surface area contributed by atoms with Crippen LogP contribution in [0.2, 0.25) is 10.0 Å². The summed E-state index contributed by atoms with van der Waals surface area (Å²) in [6, 6.07) is 5.09. The lowest BCUT2D eigenvalue weighted by Crippen LogP contribution is -2.41. The molecule has 4 nitrogen and oxygen atoms in total. The Balaban J connectivity index is 2.39. The van der Waals surface area contributed by atoms with Crippen molar-refractivity contribution in [2.24, 2.45) is 0 Å². The minimum Gasteiger partial charge on any atom is -0.392 e. The van der Waals surface area contributed by atoms with E-state index in [4.69, 9.17) is 23.2 Å². The maximum Gasteiger partial charge on any atom is 0.317 e. The summed E-state index contributed by atoms with van der Waals surface area (Å²) in [6.45, 7) is 2.42.